The van der Waals surface area contributed by atoms with E-state index >= 15 is 0 Å². The summed E-state index contributed by atoms with van der Waals surface area (Å²) in [5.41, 5.74) is 7.27. The molecule has 0 aliphatic carbocycles. The van der Waals surface area contributed by atoms with E-state index in [-0.39, 0.29) is 5.41 Å². The lowest BCUT2D eigenvalue weighted by atomic mass is 9.86. The maximum atomic E-state index is 2.27. The van der Waals surface area contributed by atoms with Crippen LogP contribution in [0.3, 0.4) is 0 Å². The first-order valence-electron chi connectivity index (χ1n) is 7.02. The molecule has 0 unspecified atom stereocenters. The summed E-state index contributed by atoms with van der Waals surface area (Å²) in [6.45, 7) is 11.2. The Kier molecular flexibility index (Phi) is 3.80. The SMILES string of the molecule is Cc1cccc(C)c1Cc1ccc(C(C)(C)C)cc1. The lowest BCUT2D eigenvalue weighted by Crippen LogP contribution is -2.10. The fourth-order valence-corrected chi connectivity index (χ4v) is 2.45. The fourth-order valence-electron chi connectivity index (χ4n) is 2.45. The molecule has 2 aromatic rings. The van der Waals surface area contributed by atoms with Gasteiger partial charge in [0.05, 0.1) is 0 Å². The minimum atomic E-state index is 0.233. The van der Waals surface area contributed by atoms with Gasteiger partial charge < -0.3 is 0 Å². The molecule has 0 aliphatic rings. The Hall–Kier alpha value is -1.56. The van der Waals surface area contributed by atoms with Gasteiger partial charge in [-0.1, -0.05) is 63.2 Å². The molecule has 0 spiro atoms. The third-order valence-electron chi connectivity index (χ3n) is 3.85. The van der Waals surface area contributed by atoms with E-state index in [9.17, 15) is 0 Å². The average molecular weight is 252 g/mol. The summed E-state index contributed by atoms with van der Waals surface area (Å²) in [6.07, 6.45) is 1.03. The van der Waals surface area contributed by atoms with Crippen LogP contribution in [0.25, 0.3) is 0 Å². The summed E-state index contributed by atoms with van der Waals surface area (Å²) in [7, 11) is 0. The van der Waals surface area contributed by atoms with Crippen LogP contribution in [0.4, 0.5) is 0 Å². The first-order chi connectivity index (χ1) is 8.88. The van der Waals surface area contributed by atoms with Gasteiger partial charge in [-0.25, -0.2) is 0 Å². The summed E-state index contributed by atoms with van der Waals surface area (Å²) in [6, 6.07) is 15.6. The standard InChI is InChI=1S/C19H24/c1-14-7-6-8-15(2)18(14)13-16-9-11-17(12-10-16)19(3,4)5/h6-12H,13H2,1-5H3. The predicted octanol–water partition coefficient (Wildman–Crippen LogP) is 5.19. The lowest BCUT2D eigenvalue weighted by molar-refractivity contribution is 0.590. The highest BCUT2D eigenvalue weighted by molar-refractivity contribution is 5.38. The van der Waals surface area contributed by atoms with E-state index in [1.165, 1.54) is 27.8 Å². The van der Waals surface area contributed by atoms with Crippen LogP contribution in [0, 0.1) is 13.8 Å². The monoisotopic (exact) mass is 252 g/mol. The highest BCUT2D eigenvalue weighted by Crippen LogP contribution is 2.24. The van der Waals surface area contributed by atoms with E-state index in [0.29, 0.717) is 0 Å². The molecule has 0 N–H and O–H groups in total. The summed E-state index contributed by atoms with van der Waals surface area (Å²) in [4.78, 5) is 0. The molecule has 0 radical (unpaired) electrons. The van der Waals surface area contributed by atoms with Crippen molar-refractivity contribution in [2.75, 3.05) is 0 Å². The third kappa shape index (κ3) is 3.26. The second kappa shape index (κ2) is 5.21. The second-order valence-electron chi connectivity index (χ2n) is 6.49. The summed E-state index contributed by atoms with van der Waals surface area (Å²) in [5, 5.41) is 0. The Labute approximate surface area is 117 Å². The van der Waals surface area contributed by atoms with Crippen molar-refractivity contribution in [2.45, 2.75) is 46.5 Å². The Morgan fingerprint density at radius 1 is 0.789 bits per heavy atom. The summed E-state index contributed by atoms with van der Waals surface area (Å²) >= 11 is 0. The van der Waals surface area contributed by atoms with Crippen molar-refractivity contribution in [1.29, 1.82) is 0 Å². The fraction of sp³-hybridized carbons (Fsp3) is 0.368. The smallest absolute Gasteiger partial charge is 0.00205 e. The molecule has 0 heteroatoms. The Morgan fingerprint density at radius 2 is 1.32 bits per heavy atom. The number of hydrogen-bond acceptors (Lipinski definition) is 0. The molecule has 0 saturated carbocycles. The molecule has 0 saturated heterocycles. The van der Waals surface area contributed by atoms with Gasteiger partial charge in [0, 0.05) is 0 Å². The normalized spacial score (nSPS) is 11.6. The molecular weight excluding hydrogens is 228 g/mol. The third-order valence-corrected chi connectivity index (χ3v) is 3.85. The van der Waals surface area contributed by atoms with Crippen LogP contribution in [0.2, 0.25) is 0 Å². The largest absolute Gasteiger partial charge is 0.0617 e. The van der Waals surface area contributed by atoms with Crippen LogP contribution >= 0.6 is 0 Å². The summed E-state index contributed by atoms with van der Waals surface area (Å²) in [5.74, 6) is 0. The molecule has 2 aromatic carbocycles. The van der Waals surface area contributed by atoms with Crippen LogP contribution in [0.5, 0.6) is 0 Å². The van der Waals surface area contributed by atoms with Crippen molar-refractivity contribution in [1.82, 2.24) is 0 Å². The molecule has 0 atom stereocenters. The van der Waals surface area contributed by atoms with Crippen molar-refractivity contribution in [3.05, 3.63) is 70.3 Å². The predicted molar refractivity (Wildman–Crippen MR) is 83.9 cm³/mol. The molecule has 0 aliphatic heterocycles. The van der Waals surface area contributed by atoms with Crippen molar-refractivity contribution >= 4 is 0 Å². The van der Waals surface area contributed by atoms with Gasteiger partial charge in [0.1, 0.15) is 0 Å². The molecule has 0 heterocycles. The molecule has 19 heavy (non-hydrogen) atoms. The van der Waals surface area contributed by atoms with Gasteiger partial charge in [0.2, 0.25) is 0 Å². The Balaban J connectivity index is 2.25. The van der Waals surface area contributed by atoms with Crippen molar-refractivity contribution in [3.63, 3.8) is 0 Å². The molecule has 0 amide bonds. The highest BCUT2D eigenvalue weighted by atomic mass is 14.2. The van der Waals surface area contributed by atoms with Crippen LogP contribution in [-0.2, 0) is 11.8 Å². The second-order valence-corrected chi connectivity index (χ2v) is 6.49. The molecule has 0 fully saturated rings. The van der Waals surface area contributed by atoms with E-state index in [2.05, 4.69) is 77.1 Å². The number of rotatable bonds is 2. The molecule has 0 aromatic heterocycles. The first kappa shape index (κ1) is 13.9. The van der Waals surface area contributed by atoms with Crippen molar-refractivity contribution < 1.29 is 0 Å². The van der Waals surface area contributed by atoms with Crippen LogP contribution in [0.1, 0.15) is 48.6 Å². The number of aryl methyl sites for hydroxylation is 2. The van der Waals surface area contributed by atoms with E-state index in [1.54, 1.807) is 0 Å². The van der Waals surface area contributed by atoms with Gasteiger partial charge in [-0.15, -0.1) is 0 Å². The average Bonchev–Trinajstić information content (AvgIpc) is 2.33. The minimum Gasteiger partial charge on any atom is -0.0617 e. The summed E-state index contributed by atoms with van der Waals surface area (Å²) < 4.78 is 0. The topological polar surface area (TPSA) is 0 Å². The van der Waals surface area contributed by atoms with Crippen LogP contribution < -0.4 is 0 Å². The zero-order valence-corrected chi connectivity index (χ0v) is 12.7. The Bertz CT molecular complexity index is 533. The highest BCUT2D eigenvalue weighted by Gasteiger charge is 2.13. The molecule has 0 bridgehead atoms. The van der Waals surface area contributed by atoms with E-state index in [4.69, 9.17) is 0 Å². The van der Waals surface area contributed by atoms with Gasteiger partial charge in [-0.3, -0.25) is 0 Å². The zero-order valence-electron chi connectivity index (χ0n) is 12.7. The van der Waals surface area contributed by atoms with E-state index in [0.717, 1.165) is 6.42 Å². The van der Waals surface area contributed by atoms with E-state index < -0.39 is 0 Å². The van der Waals surface area contributed by atoms with Gasteiger partial charge in [0.25, 0.3) is 0 Å². The van der Waals surface area contributed by atoms with Gasteiger partial charge in [-0.05, 0) is 53.5 Å². The maximum absolute atomic E-state index is 2.27. The maximum Gasteiger partial charge on any atom is -0.00205 e. The van der Waals surface area contributed by atoms with Gasteiger partial charge >= 0.3 is 0 Å². The van der Waals surface area contributed by atoms with Crippen molar-refractivity contribution in [2.24, 2.45) is 0 Å². The van der Waals surface area contributed by atoms with Crippen LogP contribution in [0.15, 0.2) is 42.5 Å². The Morgan fingerprint density at radius 3 is 1.79 bits per heavy atom. The molecular formula is C19H24. The molecule has 0 nitrogen and oxygen atoms in total. The number of hydrogen-bond donors (Lipinski definition) is 0. The first-order valence-corrected chi connectivity index (χ1v) is 7.02. The van der Waals surface area contributed by atoms with Gasteiger partial charge in [0.15, 0.2) is 0 Å². The molecule has 2 rings (SSSR count). The molecule has 100 valence electrons. The van der Waals surface area contributed by atoms with Gasteiger partial charge in [-0.2, -0.15) is 0 Å². The van der Waals surface area contributed by atoms with Crippen molar-refractivity contribution in [3.8, 4) is 0 Å². The quantitative estimate of drug-likeness (QED) is 0.690. The number of benzene rings is 2. The van der Waals surface area contributed by atoms with E-state index in [1.807, 2.05) is 0 Å². The lowest BCUT2D eigenvalue weighted by Gasteiger charge is -2.19. The zero-order chi connectivity index (χ0) is 14.0. The minimum absolute atomic E-state index is 0.233. The van der Waals surface area contributed by atoms with Crippen LogP contribution in [-0.4, -0.2) is 0 Å².